The fraction of sp³-hybridized carbons (Fsp3) is 0.429. The predicted molar refractivity (Wildman–Crippen MR) is 123 cm³/mol. The molecule has 3 aromatic rings. The van der Waals surface area contributed by atoms with E-state index in [-0.39, 0.29) is 18.2 Å². The lowest BCUT2D eigenvalue weighted by atomic mass is 9.85. The number of halogens is 1. The van der Waals surface area contributed by atoms with Gasteiger partial charge in [-0.25, -0.2) is 15.0 Å². The fourth-order valence-corrected chi connectivity index (χ4v) is 4.95. The highest BCUT2D eigenvalue weighted by atomic mass is 35.5. The molecule has 1 aliphatic carbocycles. The van der Waals surface area contributed by atoms with Gasteiger partial charge in [-0.1, -0.05) is 11.6 Å². The van der Waals surface area contributed by atoms with Crippen LogP contribution in [0.4, 0.5) is 5.82 Å². The van der Waals surface area contributed by atoms with Crippen LogP contribution in [0.5, 0.6) is 0 Å². The quantitative estimate of drug-likeness (QED) is 0.491. The molecule has 11 heteroatoms. The summed E-state index contributed by atoms with van der Waals surface area (Å²) in [6.45, 7) is 1.64. The minimum Gasteiger partial charge on any atom is -0.389 e. The summed E-state index contributed by atoms with van der Waals surface area (Å²) in [6, 6.07) is 3.00. The highest BCUT2D eigenvalue weighted by molar-refractivity contribution is 7.16. The monoisotopic (exact) mass is 474 g/mol. The number of hydrogen-bond donors (Lipinski definition) is 3. The van der Waals surface area contributed by atoms with E-state index in [1.165, 1.54) is 18.4 Å². The molecule has 1 fully saturated rings. The Labute approximate surface area is 194 Å². The van der Waals surface area contributed by atoms with Crippen LogP contribution in [0.1, 0.15) is 30.1 Å². The first-order chi connectivity index (χ1) is 15.2. The minimum absolute atomic E-state index is 0.219. The number of aliphatic hydroxyl groups is 2. The number of imidazole rings is 1. The lowest BCUT2D eigenvalue weighted by Crippen LogP contribution is -2.45. The Kier molecular flexibility index (Phi) is 5.85. The number of amides is 1. The summed E-state index contributed by atoms with van der Waals surface area (Å²) >= 11 is 7.34. The third-order valence-electron chi connectivity index (χ3n) is 5.80. The molecule has 1 amide bonds. The second-order valence-electron chi connectivity index (χ2n) is 8.15. The summed E-state index contributed by atoms with van der Waals surface area (Å²) in [7, 11) is 5.19. The summed E-state index contributed by atoms with van der Waals surface area (Å²) in [5.74, 6) is 6.51. The number of aromatic nitrogens is 4. The van der Waals surface area contributed by atoms with Crippen LogP contribution in [-0.4, -0.2) is 69.0 Å². The Morgan fingerprint density at radius 2 is 2.09 bits per heavy atom. The van der Waals surface area contributed by atoms with Crippen molar-refractivity contribution in [3.63, 3.8) is 0 Å². The number of nitrogens with one attached hydrogen (secondary N) is 1. The van der Waals surface area contributed by atoms with E-state index >= 15 is 0 Å². The average Bonchev–Trinajstić information content (AvgIpc) is 3.44. The van der Waals surface area contributed by atoms with Crippen LogP contribution in [0.2, 0.25) is 4.34 Å². The van der Waals surface area contributed by atoms with Crippen LogP contribution in [0.3, 0.4) is 0 Å². The SMILES string of the molecule is CNC(=O)C1(C)C[C@@H](n2cnc3c(N(C)C)nc(C#Cc4ccc(Cl)s4)nc32)[C@H](O)[C@@H]1O. The average molecular weight is 475 g/mol. The molecule has 4 rings (SSSR count). The van der Waals surface area contributed by atoms with Crippen molar-refractivity contribution in [2.45, 2.75) is 31.6 Å². The molecule has 168 valence electrons. The Hall–Kier alpha value is -2.71. The maximum Gasteiger partial charge on any atom is 0.228 e. The van der Waals surface area contributed by atoms with Gasteiger partial charge >= 0.3 is 0 Å². The number of aliphatic hydroxyl groups excluding tert-OH is 2. The summed E-state index contributed by atoms with van der Waals surface area (Å²) in [6.07, 6.45) is -0.631. The van der Waals surface area contributed by atoms with Gasteiger partial charge in [0.2, 0.25) is 11.7 Å². The van der Waals surface area contributed by atoms with Crippen molar-refractivity contribution in [3.05, 3.63) is 33.5 Å². The third kappa shape index (κ3) is 3.71. The zero-order valence-electron chi connectivity index (χ0n) is 18.0. The van der Waals surface area contributed by atoms with Crippen LogP contribution in [-0.2, 0) is 4.79 Å². The zero-order chi connectivity index (χ0) is 23.2. The van der Waals surface area contributed by atoms with Crippen LogP contribution in [0.25, 0.3) is 11.2 Å². The van der Waals surface area contributed by atoms with Crippen LogP contribution >= 0.6 is 22.9 Å². The number of fused-ring (bicyclic) bond motifs is 1. The van der Waals surface area contributed by atoms with Crippen LogP contribution in [0.15, 0.2) is 18.5 Å². The fourth-order valence-electron chi connectivity index (χ4n) is 4.05. The number of hydrogen-bond acceptors (Lipinski definition) is 8. The van der Waals surface area contributed by atoms with Crippen molar-refractivity contribution >= 4 is 45.8 Å². The normalized spacial score (nSPS) is 24.9. The lowest BCUT2D eigenvalue weighted by molar-refractivity contribution is -0.136. The zero-order valence-corrected chi connectivity index (χ0v) is 19.6. The number of rotatable bonds is 3. The molecule has 3 aromatic heterocycles. The summed E-state index contributed by atoms with van der Waals surface area (Å²) in [5.41, 5.74) is -0.141. The second kappa shape index (κ2) is 8.33. The van der Waals surface area contributed by atoms with Gasteiger partial charge in [0.15, 0.2) is 17.0 Å². The first-order valence-electron chi connectivity index (χ1n) is 9.93. The van der Waals surface area contributed by atoms with Gasteiger partial charge in [0, 0.05) is 21.1 Å². The van der Waals surface area contributed by atoms with E-state index in [2.05, 4.69) is 32.1 Å². The first-order valence-corrected chi connectivity index (χ1v) is 11.1. The third-order valence-corrected chi connectivity index (χ3v) is 6.95. The van der Waals surface area contributed by atoms with Gasteiger partial charge in [-0.2, -0.15) is 0 Å². The maximum absolute atomic E-state index is 12.4. The van der Waals surface area contributed by atoms with Crippen molar-refractivity contribution in [2.24, 2.45) is 5.41 Å². The Balaban J connectivity index is 1.81. The predicted octanol–water partition coefficient (Wildman–Crippen LogP) is 1.43. The number of carbonyl (C=O) groups is 1. The maximum atomic E-state index is 12.4. The topological polar surface area (TPSA) is 116 Å². The summed E-state index contributed by atoms with van der Waals surface area (Å²) in [4.78, 5) is 28.6. The molecule has 0 aliphatic heterocycles. The van der Waals surface area contributed by atoms with Crippen molar-refractivity contribution in [3.8, 4) is 11.8 Å². The molecule has 3 N–H and O–H groups in total. The van der Waals surface area contributed by atoms with E-state index < -0.39 is 23.7 Å². The van der Waals surface area contributed by atoms with Crippen molar-refractivity contribution in [2.75, 3.05) is 26.0 Å². The van der Waals surface area contributed by atoms with E-state index in [0.29, 0.717) is 21.3 Å². The minimum atomic E-state index is -1.23. The van der Waals surface area contributed by atoms with Gasteiger partial charge in [-0.15, -0.1) is 11.3 Å². The molecule has 1 aliphatic rings. The van der Waals surface area contributed by atoms with E-state index in [1.54, 1.807) is 23.9 Å². The molecule has 3 heterocycles. The molecule has 1 saturated carbocycles. The Morgan fingerprint density at radius 1 is 1.34 bits per heavy atom. The molecule has 0 bridgehead atoms. The Morgan fingerprint density at radius 3 is 2.72 bits per heavy atom. The van der Waals surface area contributed by atoms with E-state index in [9.17, 15) is 15.0 Å². The van der Waals surface area contributed by atoms with Gasteiger partial charge in [0.05, 0.1) is 33.1 Å². The van der Waals surface area contributed by atoms with E-state index in [1.807, 2.05) is 25.1 Å². The molecular formula is C21H23ClN6O3S. The number of anilines is 1. The summed E-state index contributed by atoms with van der Waals surface area (Å²) < 4.78 is 2.34. The summed E-state index contributed by atoms with van der Waals surface area (Å²) in [5, 5.41) is 24.0. The van der Waals surface area contributed by atoms with Crippen molar-refractivity contribution in [1.29, 1.82) is 0 Å². The highest BCUT2D eigenvalue weighted by Crippen LogP contribution is 2.45. The molecule has 32 heavy (non-hydrogen) atoms. The van der Waals surface area contributed by atoms with Crippen molar-refractivity contribution < 1.29 is 15.0 Å². The largest absolute Gasteiger partial charge is 0.389 e. The second-order valence-corrected chi connectivity index (χ2v) is 9.86. The standard InChI is InChI=1S/C21H23ClN6O3S/c1-21(20(31)23-2)9-12(16(29)17(21)30)28-10-24-15-18(27(3)4)25-14(26-19(15)28)8-6-11-5-7-13(22)32-11/h5,7,10,12,16-17,29-30H,9H2,1-4H3,(H,23,31)/t12-,16+,17+,21?/m1/s1. The van der Waals surface area contributed by atoms with Crippen molar-refractivity contribution in [1.82, 2.24) is 24.8 Å². The van der Waals surface area contributed by atoms with E-state index in [4.69, 9.17) is 11.6 Å². The molecule has 0 spiro atoms. The molecule has 0 saturated heterocycles. The Bertz CT molecular complexity index is 1250. The number of nitrogens with zero attached hydrogens (tertiary/aromatic N) is 5. The van der Waals surface area contributed by atoms with Gasteiger partial charge in [-0.05, 0) is 37.3 Å². The lowest BCUT2D eigenvalue weighted by Gasteiger charge is -2.26. The van der Waals surface area contributed by atoms with Crippen LogP contribution < -0.4 is 10.2 Å². The molecule has 0 radical (unpaired) electrons. The molecule has 1 unspecified atom stereocenters. The smallest absolute Gasteiger partial charge is 0.228 e. The van der Waals surface area contributed by atoms with Gasteiger partial charge in [0.1, 0.15) is 6.10 Å². The van der Waals surface area contributed by atoms with Gasteiger partial charge in [-0.3, -0.25) is 4.79 Å². The first kappa shape index (κ1) is 22.5. The molecule has 9 nitrogen and oxygen atoms in total. The van der Waals surface area contributed by atoms with Crippen LogP contribution in [0, 0.1) is 17.3 Å². The van der Waals surface area contributed by atoms with Gasteiger partial charge < -0.3 is 25.0 Å². The number of thiophene rings is 1. The number of carbonyl (C=O) groups excluding carboxylic acids is 1. The van der Waals surface area contributed by atoms with Gasteiger partial charge in [0.25, 0.3) is 0 Å². The molecule has 0 aromatic carbocycles. The molecular weight excluding hydrogens is 452 g/mol. The molecule has 4 atom stereocenters. The van der Waals surface area contributed by atoms with E-state index in [0.717, 1.165) is 4.88 Å². The highest BCUT2D eigenvalue weighted by Gasteiger charge is 2.54.